The quantitative estimate of drug-likeness (QED) is 0.653. The lowest BCUT2D eigenvalue weighted by atomic mass is 10.1. The molecule has 0 spiro atoms. The molecule has 0 N–H and O–H groups in total. The van der Waals surface area contributed by atoms with Crippen molar-refractivity contribution < 1.29 is 22.0 Å². The average Bonchev–Trinajstić information content (AvgIpc) is 3.44. The highest BCUT2D eigenvalue weighted by molar-refractivity contribution is 7.91. The van der Waals surface area contributed by atoms with Gasteiger partial charge in [-0.1, -0.05) is 12.8 Å². The van der Waals surface area contributed by atoms with Crippen molar-refractivity contribution in [1.82, 2.24) is 9.80 Å². The lowest BCUT2D eigenvalue weighted by Crippen LogP contribution is -2.50. The first-order valence-electron chi connectivity index (χ1n) is 10.3. The second-order valence-corrected chi connectivity index (χ2v) is 10.3. The Hall–Kier alpha value is -2.06. The van der Waals surface area contributed by atoms with E-state index in [1.165, 1.54) is 0 Å². The van der Waals surface area contributed by atoms with Gasteiger partial charge in [-0.05, 0) is 43.5 Å². The molecule has 1 aliphatic carbocycles. The number of carbonyl (C=O) groups excluding carboxylic acids is 1. The molecule has 2 aliphatic rings. The summed E-state index contributed by atoms with van der Waals surface area (Å²) in [7, 11) is -3.05. The molecule has 0 radical (unpaired) electrons. The highest BCUT2D eigenvalue weighted by Crippen LogP contribution is 2.29. The lowest BCUT2D eigenvalue weighted by molar-refractivity contribution is -0.137. The first-order valence-corrected chi connectivity index (χ1v) is 12.1. The van der Waals surface area contributed by atoms with E-state index >= 15 is 0 Å². The van der Waals surface area contributed by atoms with Gasteiger partial charge in [-0.15, -0.1) is 0 Å². The molecule has 3 heterocycles. The molecule has 0 bridgehead atoms. The molecule has 1 saturated carbocycles. The number of sulfone groups is 1. The molecule has 1 amide bonds. The lowest BCUT2D eigenvalue weighted by Gasteiger charge is -2.35. The number of nitrogens with zero attached hydrogens (tertiary/aromatic N) is 2. The maximum absolute atomic E-state index is 13.4. The van der Waals surface area contributed by atoms with E-state index < -0.39 is 9.84 Å². The van der Waals surface area contributed by atoms with Crippen LogP contribution in [0.2, 0.25) is 0 Å². The number of hydrogen-bond acceptors (Lipinski definition) is 6. The second-order valence-electron chi connectivity index (χ2n) is 8.10. The van der Waals surface area contributed by atoms with E-state index in [2.05, 4.69) is 0 Å². The summed E-state index contributed by atoms with van der Waals surface area (Å²) in [5.41, 5.74) is 0. The molecule has 29 heavy (non-hydrogen) atoms. The molecule has 0 aromatic carbocycles. The maximum atomic E-state index is 13.4. The standard InChI is InChI=1S/C21H28N2O5S/c24-21(23(17-5-1-2-6-17)18-9-12-29(25,26)16-18)15-22(13-19-7-3-10-27-19)14-20-8-4-11-28-20/h3-4,7-8,10-11,17-18H,1-2,5-6,9,12-16H2/t18-/m1/s1. The van der Waals surface area contributed by atoms with Gasteiger partial charge in [0.15, 0.2) is 9.84 Å². The molecule has 1 atom stereocenters. The summed E-state index contributed by atoms with van der Waals surface area (Å²) in [6.45, 7) is 1.18. The van der Waals surface area contributed by atoms with Crippen LogP contribution < -0.4 is 0 Å². The molecule has 7 nitrogen and oxygen atoms in total. The van der Waals surface area contributed by atoms with Crippen LogP contribution in [0.4, 0.5) is 0 Å². The Labute approximate surface area is 171 Å². The summed E-state index contributed by atoms with van der Waals surface area (Å²) in [5, 5.41) is 0. The Morgan fingerprint density at radius 2 is 1.59 bits per heavy atom. The van der Waals surface area contributed by atoms with Gasteiger partial charge < -0.3 is 13.7 Å². The van der Waals surface area contributed by atoms with Crippen LogP contribution in [0.5, 0.6) is 0 Å². The second kappa shape index (κ2) is 8.75. The maximum Gasteiger partial charge on any atom is 0.237 e. The third-order valence-electron chi connectivity index (χ3n) is 5.89. The van der Waals surface area contributed by atoms with Crippen molar-refractivity contribution in [3.63, 3.8) is 0 Å². The molecular formula is C21H28N2O5S. The van der Waals surface area contributed by atoms with Crippen molar-refractivity contribution in [3.05, 3.63) is 48.3 Å². The van der Waals surface area contributed by atoms with E-state index in [-0.39, 0.29) is 36.0 Å². The zero-order chi connectivity index (χ0) is 20.3. The Morgan fingerprint density at radius 3 is 2.07 bits per heavy atom. The molecule has 1 saturated heterocycles. The van der Waals surface area contributed by atoms with Crippen LogP contribution in [0.1, 0.15) is 43.6 Å². The summed E-state index contributed by atoms with van der Waals surface area (Å²) >= 11 is 0. The van der Waals surface area contributed by atoms with Gasteiger partial charge in [-0.2, -0.15) is 0 Å². The number of rotatable bonds is 8. The van der Waals surface area contributed by atoms with Gasteiger partial charge in [0.25, 0.3) is 0 Å². The van der Waals surface area contributed by atoms with Gasteiger partial charge in [0.05, 0.1) is 43.7 Å². The van der Waals surface area contributed by atoms with Gasteiger partial charge in [-0.3, -0.25) is 9.69 Å². The highest BCUT2D eigenvalue weighted by atomic mass is 32.2. The molecule has 158 valence electrons. The van der Waals surface area contributed by atoms with Crippen molar-refractivity contribution in [3.8, 4) is 0 Å². The van der Waals surface area contributed by atoms with Crippen molar-refractivity contribution >= 4 is 15.7 Å². The van der Waals surface area contributed by atoms with Gasteiger partial charge >= 0.3 is 0 Å². The van der Waals surface area contributed by atoms with Gasteiger partial charge in [-0.25, -0.2) is 8.42 Å². The average molecular weight is 421 g/mol. The van der Waals surface area contributed by atoms with E-state index in [1.54, 1.807) is 12.5 Å². The van der Waals surface area contributed by atoms with E-state index in [0.29, 0.717) is 19.5 Å². The minimum atomic E-state index is -3.05. The fourth-order valence-corrected chi connectivity index (χ4v) is 6.28. The zero-order valence-corrected chi connectivity index (χ0v) is 17.4. The zero-order valence-electron chi connectivity index (χ0n) is 16.5. The summed E-state index contributed by atoms with van der Waals surface area (Å²) in [4.78, 5) is 17.3. The van der Waals surface area contributed by atoms with Crippen LogP contribution in [0.3, 0.4) is 0 Å². The van der Waals surface area contributed by atoms with E-state index in [1.807, 2.05) is 34.1 Å². The smallest absolute Gasteiger partial charge is 0.237 e. The Bertz CT molecular complexity index is 849. The van der Waals surface area contributed by atoms with Crippen molar-refractivity contribution in [2.75, 3.05) is 18.1 Å². The van der Waals surface area contributed by atoms with Crippen molar-refractivity contribution in [1.29, 1.82) is 0 Å². The Kier molecular flexibility index (Phi) is 6.10. The largest absolute Gasteiger partial charge is 0.468 e. The van der Waals surface area contributed by atoms with Crippen LogP contribution in [0.25, 0.3) is 0 Å². The highest BCUT2D eigenvalue weighted by Gasteiger charge is 2.39. The first kappa shape index (κ1) is 20.2. The first-order chi connectivity index (χ1) is 14.0. The molecule has 1 aliphatic heterocycles. The van der Waals surface area contributed by atoms with E-state index in [9.17, 15) is 13.2 Å². The van der Waals surface area contributed by atoms with Crippen LogP contribution in [0, 0.1) is 0 Å². The molecule has 2 fully saturated rings. The third kappa shape index (κ3) is 5.11. The number of furan rings is 2. The Balaban J connectivity index is 1.51. The molecule has 8 heteroatoms. The van der Waals surface area contributed by atoms with Gasteiger partial charge in [0, 0.05) is 12.1 Å². The predicted molar refractivity (Wildman–Crippen MR) is 108 cm³/mol. The third-order valence-corrected chi connectivity index (χ3v) is 7.64. The topological polar surface area (TPSA) is 84.0 Å². The molecule has 2 aromatic heterocycles. The van der Waals surface area contributed by atoms with E-state index in [4.69, 9.17) is 8.83 Å². The van der Waals surface area contributed by atoms with Crippen molar-refractivity contribution in [2.45, 2.75) is 57.3 Å². The van der Waals surface area contributed by atoms with Crippen LogP contribution in [0.15, 0.2) is 45.6 Å². The Morgan fingerprint density at radius 1 is 0.966 bits per heavy atom. The minimum Gasteiger partial charge on any atom is -0.468 e. The number of amides is 1. The van der Waals surface area contributed by atoms with Crippen molar-refractivity contribution in [2.24, 2.45) is 0 Å². The minimum absolute atomic E-state index is 0.00267. The predicted octanol–water partition coefficient (Wildman–Crippen LogP) is 2.83. The van der Waals surface area contributed by atoms with E-state index in [0.717, 1.165) is 37.2 Å². The summed E-state index contributed by atoms with van der Waals surface area (Å²) in [5.74, 6) is 1.82. The molecule has 0 unspecified atom stereocenters. The van der Waals surface area contributed by atoms with Gasteiger partial charge in [0.1, 0.15) is 11.5 Å². The van der Waals surface area contributed by atoms with Crippen LogP contribution in [-0.2, 0) is 27.7 Å². The molecule has 4 rings (SSSR count). The fraction of sp³-hybridized carbons (Fsp3) is 0.571. The number of carbonyl (C=O) groups is 1. The monoisotopic (exact) mass is 420 g/mol. The summed E-state index contributed by atoms with van der Waals surface area (Å²) < 4.78 is 35.1. The number of hydrogen-bond donors (Lipinski definition) is 0. The summed E-state index contributed by atoms with van der Waals surface area (Å²) in [6, 6.07) is 7.38. The summed E-state index contributed by atoms with van der Waals surface area (Å²) in [6.07, 6.45) is 7.89. The SMILES string of the molecule is O=C(CN(Cc1ccco1)Cc1ccco1)N(C1CCCC1)[C@@H]1CCS(=O)(=O)C1. The molecular weight excluding hydrogens is 392 g/mol. The van der Waals surface area contributed by atoms with Crippen LogP contribution in [-0.4, -0.2) is 54.3 Å². The van der Waals surface area contributed by atoms with Crippen LogP contribution >= 0.6 is 0 Å². The normalized spacial score (nSPS) is 21.8. The van der Waals surface area contributed by atoms with Gasteiger partial charge in [0.2, 0.25) is 5.91 Å². The fourth-order valence-electron chi connectivity index (χ4n) is 4.57. The molecule has 2 aromatic rings.